The van der Waals surface area contributed by atoms with E-state index in [1.165, 1.54) is 0 Å². The van der Waals surface area contributed by atoms with Crippen molar-refractivity contribution in [1.82, 2.24) is 0 Å². The average molecular weight is 528 g/mol. The number of hydrogen-bond donors (Lipinski definition) is 12. The summed E-state index contributed by atoms with van der Waals surface area (Å²) in [5, 5.41) is 75.2. The molecular weight excluding hydrogens is 516 g/mol. The van der Waals surface area contributed by atoms with Crippen molar-refractivity contribution < 1.29 is 134 Å². The van der Waals surface area contributed by atoms with Crippen LogP contribution >= 0.6 is 0 Å². The van der Waals surface area contributed by atoms with Crippen LogP contribution in [0.25, 0.3) is 0 Å². The Bertz CT molecular complexity index is 257. The predicted octanol–water partition coefficient (Wildman–Crippen LogP) is -2.74. The zero-order valence-corrected chi connectivity index (χ0v) is 14.2. The maximum Gasteiger partial charge on any atom is 0.472 e. The van der Waals surface area contributed by atoms with Crippen molar-refractivity contribution in [2.45, 2.75) is 0 Å². The number of nitrogens with zero attached hydrogens (tertiary/aromatic N) is 6. The number of hydrogen-bond acceptors (Lipinski definition) is 6. The molecule has 0 aliphatic rings. The van der Waals surface area contributed by atoms with Crippen LogP contribution in [0.1, 0.15) is 0 Å². The summed E-state index contributed by atoms with van der Waals surface area (Å²) < 4.78 is 0. The van der Waals surface area contributed by atoms with Crippen LogP contribution in [-0.2, 0) is 0 Å². The first-order valence-corrected chi connectivity index (χ1v) is 3.50. The van der Waals surface area contributed by atoms with Crippen LogP contribution in [0.2, 0.25) is 0 Å². The SMILES string of the molecule is O=[N+](O)O.O=[N+](O)O.O=[N+](O)O.O=[N+](O)O.O=[N+](O)O.O=[N+](O)O.[Nd]. The summed E-state index contributed by atoms with van der Waals surface area (Å²) in [6.07, 6.45) is 0. The molecule has 25 heavy (non-hydrogen) atoms. The van der Waals surface area contributed by atoms with Crippen molar-refractivity contribution in [3.63, 3.8) is 0 Å². The second-order valence-corrected chi connectivity index (χ2v) is 1.52. The molecule has 12 N–H and O–H groups in total. The van der Waals surface area contributed by atoms with Gasteiger partial charge in [0.05, 0.1) is 0 Å². The minimum absolute atomic E-state index is 0. The molecule has 0 heterocycles. The van der Waals surface area contributed by atoms with Gasteiger partial charge in [-0.15, -0.1) is 0 Å². The van der Waals surface area contributed by atoms with Gasteiger partial charge in [0, 0.05) is 40.8 Å². The first-order valence-electron chi connectivity index (χ1n) is 3.50. The molecule has 0 radical (unpaired) electrons. The monoisotopic (exact) mass is 526 g/mol. The van der Waals surface area contributed by atoms with E-state index >= 15 is 0 Å². The van der Waals surface area contributed by atoms with Gasteiger partial charge in [0.1, 0.15) is 29.4 Å². The predicted molar refractivity (Wildman–Crippen MR) is 43.2 cm³/mol. The molecule has 0 fully saturated rings. The molecule has 24 nitrogen and oxygen atoms in total. The molecule has 148 valence electrons. The fraction of sp³-hybridized carbons (Fsp3) is 0. The minimum atomic E-state index is -1.25. The van der Waals surface area contributed by atoms with Gasteiger partial charge in [-0.1, -0.05) is 0 Å². The van der Waals surface area contributed by atoms with E-state index in [-0.39, 0.29) is 40.8 Å². The van der Waals surface area contributed by atoms with Gasteiger partial charge in [0.15, 0.2) is 0 Å². The van der Waals surface area contributed by atoms with Gasteiger partial charge in [-0.05, 0) is 0 Å². The van der Waals surface area contributed by atoms with Crippen molar-refractivity contribution in [2.75, 3.05) is 0 Å². The summed E-state index contributed by atoms with van der Waals surface area (Å²) in [6, 6.07) is 0. The average Bonchev–Trinajstić information content (AvgIpc) is 2.08. The molecule has 0 aromatic carbocycles. The van der Waals surface area contributed by atoms with Crippen LogP contribution in [0, 0.1) is 70.3 Å². The van der Waals surface area contributed by atoms with Crippen LogP contribution in [0.3, 0.4) is 0 Å². The zero-order chi connectivity index (χ0) is 21.5. The van der Waals surface area contributed by atoms with Gasteiger partial charge in [-0.25, -0.2) is 62.5 Å². The fourth-order valence-electron chi connectivity index (χ4n) is 0. The third-order valence-electron chi connectivity index (χ3n) is 0. The summed E-state index contributed by atoms with van der Waals surface area (Å²) in [5.74, 6) is 0. The van der Waals surface area contributed by atoms with Gasteiger partial charge >= 0.3 is 30.5 Å². The van der Waals surface area contributed by atoms with Crippen molar-refractivity contribution in [3.8, 4) is 0 Å². The van der Waals surface area contributed by atoms with Crippen LogP contribution in [-0.4, -0.2) is 93.0 Å². The van der Waals surface area contributed by atoms with Gasteiger partial charge in [0.25, 0.3) is 0 Å². The van der Waals surface area contributed by atoms with Crippen molar-refractivity contribution in [3.05, 3.63) is 29.4 Å². The molecule has 0 rings (SSSR count). The summed E-state index contributed by atoms with van der Waals surface area (Å²) in [6.45, 7) is 0. The Labute approximate surface area is 163 Å². The van der Waals surface area contributed by atoms with E-state index in [1.54, 1.807) is 0 Å². The quantitative estimate of drug-likeness (QED) is 0.142. The van der Waals surface area contributed by atoms with Crippen molar-refractivity contribution in [2.24, 2.45) is 0 Å². The molecule has 0 aliphatic heterocycles. The molecular formula is H12N6NdO18+6. The maximum atomic E-state index is 8.47. The van der Waals surface area contributed by atoms with Gasteiger partial charge < -0.3 is 0 Å². The molecule has 0 spiro atoms. The van der Waals surface area contributed by atoms with Crippen LogP contribution in [0.5, 0.6) is 0 Å². The number of rotatable bonds is 0. The zero-order valence-electron chi connectivity index (χ0n) is 11.0. The molecule has 0 atom stereocenters. The van der Waals surface area contributed by atoms with E-state index in [4.69, 9.17) is 91.9 Å². The molecule has 0 aliphatic carbocycles. The molecule has 0 unspecified atom stereocenters. The van der Waals surface area contributed by atoms with E-state index < -0.39 is 30.5 Å². The van der Waals surface area contributed by atoms with Crippen LogP contribution < -0.4 is 0 Å². The van der Waals surface area contributed by atoms with Gasteiger partial charge in [-0.3, -0.25) is 0 Å². The van der Waals surface area contributed by atoms with E-state index in [9.17, 15) is 0 Å². The van der Waals surface area contributed by atoms with E-state index in [0.717, 1.165) is 0 Å². The van der Waals surface area contributed by atoms with E-state index in [2.05, 4.69) is 0 Å². The van der Waals surface area contributed by atoms with Crippen molar-refractivity contribution >= 4 is 0 Å². The normalized spacial score (nSPS) is 5.76. The summed E-state index contributed by atoms with van der Waals surface area (Å²) in [7, 11) is 0. The van der Waals surface area contributed by atoms with Crippen molar-refractivity contribution in [1.29, 1.82) is 0 Å². The second kappa shape index (κ2) is 37.1. The second-order valence-electron chi connectivity index (χ2n) is 1.52. The Hall–Kier alpha value is -3.45. The summed E-state index contributed by atoms with van der Waals surface area (Å²) >= 11 is 0. The Morgan fingerprint density at radius 1 is 0.280 bits per heavy atom. The Balaban J connectivity index is -0.0000000309. The first-order chi connectivity index (χ1) is 10.4. The van der Waals surface area contributed by atoms with Crippen LogP contribution in [0.4, 0.5) is 0 Å². The standard InChI is InChI=1S/6H2NO3.Nd/c6*2-1(3)4;/h6*(H2,2,3,4);/q6*+1;. The summed E-state index contributed by atoms with van der Waals surface area (Å²) in [4.78, 5) is 50.8. The Kier molecular flexibility index (Phi) is 63.8. The molecule has 0 amide bonds. The smallest absolute Gasteiger partial charge is 0.201 e. The Morgan fingerprint density at radius 2 is 0.280 bits per heavy atom. The van der Waals surface area contributed by atoms with E-state index in [1.807, 2.05) is 0 Å². The fourth-order valence-corrected chi connectivity index (χ4v) is 0. The van der Waals surface area contributed by atoms with Gasteiger partial charge in [-0.2, -0.15) is 0 Å². The maximum absolute atomic E-state index is 8.47. The van der Waals surface area contributed by atoms with E-state index in [0.29, 0.717) is 0 Å². The summed E-state index contributed by atoms with van der Waals surface area (Å²) in [5.41, 5.74) is 0. The molecule has 25 heteroatoms. The molecule has 0 aromatic rings. The molecule has 0 aromatic heterocycles. The molecule has 0 bridgehead atoms. The molecule has 0 saturated carbocycles. The first kappa shape index (κ1) is 43.0. The molecule has 0 saturated heterocycles. The largest absolute Gasteiger partial charge is 0.472 e. The topological polar surface area (TPSA) is 363 Å². The Morgan fingerprint density at radius 3 is 0.280 bits per heavy atom. The van der Waals surface area contributed by atoms with Crippen LogP contribution in [0.15, 0.2) is 0 Å². The van der Waals surface area contributed by atoms with Gasteiger partial charge in [0.2, 0.25) is 0 Å². The minimum Gasteiger partial charge on any atom is -0.201 e. The third kappa shape index (κ3) is 594. The third-order valence-corrected chi connectivity index (χ3v) is 0.